The molecule has 6 nitrogen and oxygen atoms in total. The molecule has 4 atom stereocenters. The molecule has 0 aromatic carbocycles. The molecule has 0 spiro atoms. The fraction of sp³-hybridized carbons (Fsp3) is 0.833. The van der Waals surface area contributed by atoms with Gasteiger partial charge in [0, 0.05) is 13.3 Å². The third-order valence-corrected chi connectivity index (χ3v) is 2.00. The van der Waals surface area contributed by atoms with Gasteiger partial charge in [0.25, 0.3) is 0 Å². The summed E-state index contributed by atoms with van der Waals surface area (Å²) in [7, 11) is 0. The van der Waals surface area contributed by atoms with E-state index in [2.05, 4.69) is 17.2 Å². The highest BCUT2D eigenvalue weighted by atomic mass is 16.5. The molecule has 12 heavy (non-hydrogen) atoms. The van der Waals surface area contributed by atoms with E-state index < -0.39 is 0 Å². The first-order valence-corrected chi connectivity index (χ1v) is 3.78. The highest BCUT2D eigenvalue weighted by Crippen LogP contribution is 2.15. The maximum Gasteiger partial charge on any atom is 0.159 e. The van der Waals surface area contributed by atoms with Gasteiger partial charge in [0.1, 0.15) is 0 Å². The van der Waals surface area contributed by atoms with Crippen molar-refractivity contribution in [2.24, 2.45) is 22.3 Å². The molecule has 0 aromatic heterocycles. The summed E-state index contributed by atoms with van der Waals surface area (Å²) in [6.07, 6.45) is -0.565. The zero-order valence-corrected chi connectivity index (χ0v) is 6.81. The number of nitrogens with one attached hydrogen (secondary N) is 1. The fourth-order valence-electron chi connectivity index (χ4n) is 1.24. The Balaban J connectivity index is 2.53. The van der Waals surface area contributed by atoms with Gasteiger partial charge in [-0.2, -0.15) is 5.10 Å². The van der Waals surface area contributed by atoms with Crippen molar-refractivity contribution < 1.29 is 4.74 Å². The molecular formula is C6H15N5O. The Labute approximate surface area is 71.1 Å². The van der Waals surface area contributed by atoms with Crippen molar-refractivity contribution in [3.05, 3.63) is 0 Å². The molecule has 0 amide bonds. The van der Waals surface area contributed by atoms with Gasteiger partial charge in [-0.3, -0.25) is 5.43 Å². The smallest absolute Gasteiger partial charge is 0.159 e. The molecule has 7 N–H and O–H groups in total. The van der Waals surface area contributed by atoms with Crippen molar-refractivity contribution in [1.82, 2.24) is 5.43 Å². The van der Waals surface area contributed by atoms with Crippen molar-refractivity contribution in [2.75, 3.05) is 6.54 Å². The van der Waals surface area contributed by atoms with Crippen molar-refractivity contribution >= 4 is 6.72 Å². The number of nitrogens with two attached hydrogens (primary N) is 3. The van der Waals surface area contributed by atoms with E-state index in [1.807, 2.05) is 0 Å². The molecule has 0 aliphatic carbocycles. The van der Waals surface area contributed by atoms with Crippen LogP contribution >= 0.6 is 0 Å². The molecule has 1 heterocycles. The van der Waals surface area contributed by atoms with Crippen LogP contribution in [0.2, 0.25) is 0 Å². The largest absolute Gasteiger partial charge is 0.349 e. The van der Waals surface area contributed by atoms with Gasteiger partial charge in [-0.1, -0.05) is 0 Å². The first-order chi connectivity index (χ1) is 5.70. The highest BCUT2D eigenvalue weighted by Gasteiger charge is 2.39. The van der Waals surface area contributed by atoms with Crippen molar-refractivity contribution in [1.29, 1.82) is 0 Å². The molecule has 6 heteroatoms. The molecule has 0 radical (unpaired) electrons. The van der Waals surface area contributed by atoms with Crippen LogP contribution in [0.1, 0.15) is 0 Å². The van der Waals surface area contributed by atoms with Crippen molar-refractivity contribution in [3.63, 3.8) is 0 Å². The first-order valence-electron chi connectivity index (χ1n) is 3.78. The molecule has 0 aromatic rings. The Morgan fingerprint density at radius 1 is 1.42 bits per heavy atom. The summed E-state index contributed by atoms with van der Waals surface area (Å²) in [5.74, 6) is 0. The van der Waals surface area contributed by atoms with E-state index in [0.717, 1.165) is 0 Å². The highest BCUT2D eigenvalue weighted by molar-refractivity contribution is 5.22. The fourth-order valence-corrected chi connectivity index (χ4v) is 1.24. The van der Waals surface area contributed by atoms with Crippen LogP contribution in [-0.4, -0.2) is 37.7 Å². The van der Waals surface area contributed by atoms with Gasteiger partial charge >= 0.3 is 0 Å². The number of hydrogen-bond acceptors (Lipinski definition) is 6. The van der Waals surface area contributed by atoms with Crippen LogP contribution in [0, 0.1) is 0 Å². The summed E-state index contributed by atoms with van der Waals surface area (Å²) < 4.78 is 5.36. The summed E-state index contributed by atoms with van der Waals surface area (Å²) >= 11 is 0. The minimum Gasteiger partial charge on any atom is -0.349 e. The van der Waals surface area contributed by atoms with Crippen LogP contribution in [0.4, 0.5) is 0 Å². The molecule has 1 fully saturated rings. The molecule has 1 aliphatic rings. The SMILES string of the molecule is C=NN[C@@H]1O[C@H](CN)C(N)C1N. The minimum absolute atomic E-state index is 0.195. The van der Waals surface area contributed by atoms with Gasteiger partial charge < -0.3 is 21.9 Å². The second-order valence-electron chi connectivity index (χ2n) is 2.77. The minimum atomic E-state index is -0.369. The average Bonchev–Trinajstić information content (AvgIpc) is 2.33. The van der Waals surface area contributed by atoms with Crippen LogP contribution in [0.25, 0.3) is 0 Å². The lowest BCUT2D eigenvalue weighted by atomic mass is 10.1. The van der Waals surface area contributed by atoms with Gasteiger partial charge in [0.15, 0.2) is 6.23 Å². The lowest BCUT2D eigenvalue weighted by Gasteiger charge is -2.14. The van der Waals surface area contributed by atoms with Gasteiger partial charge in [-0.15, -0.1) is 0 Å². The third kappa shape index (κ3) is 1.56. The Hall–Kier alpha value is -0.690. The normalized spacial score (nSPS) is 41.2. The zero-order valence-electron chi connectivity index (χ0n) is 6.81. The van der Waals surface area contributed by atoms with E-state index in [4.69, 9.17) is 21.9 Å². The summed E-state index contributed by atoms with van der Waals surface area (Å²) in [6, 6.07) is -0.529. The number of ether oxygens (including phenoxy) is 1. The van der Waals surface area contributed by atoms with Crippen LogP contribution < -0.4 is 22.6 Å². The van der Waals surface area contributed by atoms with Gasteiger partial charge in [-0.25, -0.2) is 0 Å². The van der Waals surface area contributed by atoms with Gasteiger partial charge in [-0.05, 0) is 0 Å². The number of hydrogen-bond donors (Lipinski definition) is 4. The Morgan fingerprint density at radius 3 is 2.50 bits per heavy atom. The maximum absolute atomic E-state index is 5.72. The van der Waals surface area contributed by atoms with E-state index in [1.165, 1.54) is 0 Å². The predicted octanol–water partition coefficient (Wildman–Crippen LogP) is -2.47. The molecule has 1 saturated heterocycles. The Morgan fingerprint density at radius 2 is 2.08 bits per heavy atom. The second-order valence-corrected chi connectivity index (χ2v) is 2.77. The van der Waals surface area contributed by atoms with E-state index in [1.54, 1.807) is 0 Å². The maximum atomic E-state index is 5.72. The van der Waals surface area contributed by atoms with Gasteiger partial charge in [0.2, 0.25) is 0 Å². The lowest BCUT2D eigenvalue weighted by molar-refractivity contribution is 0.0251. The Bertz CT molecular complexity index is 164. The zero-order chi connectivity index (χ0) is 9.14. The van der Waals surface area contributed by atoms with E-state index in [-0.39, 0.29) is 24.4 Å². The second kappa shape index (κ2) is 3.81. The predicted molar refractivity (Wildman–Crippen MR) is 46.4 cm³/mol. The quantitative estimate of drug-likeness (QED) is 0.279. The van der Waals surface area contributed by atoms with E-state index in [9.17, 15) is 0 Å². The van der Waals surface area contributed by atoms with Crippen LogP contribution in [0.15, 0.2) is 5.10 Å². The summed E-state index contributed by atoms with van der Waals surface area (Å²) in [5, 5.41) is 3.47. The van der Waals surface area contributed by atoms with Crippen LogP contribution in [-0.2, 0) is 4.74 Å². The molecule has 2 unspecified atom stereocenters. The van der Waals surface area contributed by atoms with E-state index >= 15 is 0 Å². The first kappa shape index (κ1) is 9.40. The van der Waals surface area contributed by atoms with Crippen molar-refractivity contribution in [3.8, 4) is 0 Å². The molecule has 1 rings (SSSR count). The molecule has 0 bridgehead atoms. The molecule has 70 valence electrons. The Kier molecular flexibility index (Phi) is 2.99. The standard InChI is InChI=1S/C6H15N5O/c1-10-11-6-5(9)4(8)3(2-7)12-6/h3-6,11H,1-2,7-9H2/t3-,4?,5?,6-/m1/s1. The number of hydrazone groups is 1. The summed E-state index contributed by atoms with van der Waals surface area (Å²) in [6.45, 7) is 3.63. The van der Waals surface area contributed by atoms with Crippen molar-refractivity contribution in [2.45, 2.75) is 24.4 Å². The number of rotatable bonds is 3. The monoisotopic (exact) mass is 173 g/mol. The molecular weight excluding hydrogens is 158 g/mol. The van der Waals surface area contributed by atoms with Gasteiger partial charge in [0.05, 0.1) is 18.2 Å². The summed E-state index contributed by atoms with van der Waals surface area (Å²) in [4.78, 5) is 0. The molecule has 1 aliphatic heterocycles. The molecule has 0 saturated carbocycles. The van der Waals surface area contributed by atoms with E-state index in [0.29, 0.717) is 6.54 Å². The topological polar surface area (TPSA) is 112 Å². The van der Waals surface area contributed by atoms with Crippen LogP contribution in [0.3, 0.4) is 0 Å². The van der Waals surface area contributed by atoms with Crippen LogP contribution in [0.5, 0.6) is 0 Å². The average molecular weight is 173 g/mol. The number of nitrogens with zero attached hydrogens (tertiary/aromatic N) is 1. The summed E-state index contributed by atoms with van der Waals surface area (Å²) in [5.41, 5.74) is 19.5. The third-order valence-electron chi connectivity index (χ3n) is 2.00. The lowest BCUT2D eigenvalue weighted by Crippen LogP contribution is -2.50.